The lowest BCUT2D eigenvalue weighted by Gasteiger charge is -2.15. The van der Waals surface area contributed by atoms with Gasteiger partial charge in [0.05, 0.1) is 39.9 Å². The Labute approximate surface area is 169 Å². The Balaban J connectivity index is 1.81. The summed E-state index contributed by atoms with van der Waals surface area (Å²) >= 11 is 1.14. The van der Waals surface area contributed by atoms with E-state index in [1.807, 2.05) is 0 Å². The van der Waals surface area contributed by atoms with Crippen molar-refractivity contribution in [3.8, 4) is 5.75 Å². The summed E-state index contributed by atoms with van der Waals surface area (Å²) in [5.74, 6) is -0.175. The molecule has 0 fully saturated rings. The molecule has 1 aromatic heterocycles. The van der Waals surface area contributed by atoms with Crippen LogP contribution in [0.3, 0.4) is 0 Å². The number of rotatable bonds is 6. The van der Waals surface area contributed by atoms with E-state index in [1.54, 1.807) is 38.2 Å². The minimum atomic E-state index is -0.589. The van der Waals surface area contributed by atoms with Crippen LogP contribution in [0.5, 0.6) is 5.75 Å². The molecule has 0 unspecified atom stereocenters. The van der Waals surface area contributed by atoms with Crippen molar-refractivity contribution in [1.29, 1.82) is 0 Å². The van der Waals surface area contributed by atoms with E-state index < -0.39 is 10.2 Å². The van der Waals surface area contributed by atoms with E-state index >= 15 is 0 Å². The molecule has 0 spiro atoms. The number of anilines is 1. The van der Waals surface area contributed by atoms with Crippen LogP contribution in [-0.4, -0.2) is 32.7 Å². The number of non-ortho nitro benzene ring substituents is 1. The lowest BCUT2D eigenvalue weighted by atomic mass is 10.2. The van der Waals surface area contributed by atoms with Crippen LogP contribution < -0.4 is 15.6 Å². The fourth-order valence-electron chi connectivity index (χ4n) is 2.65. The Morgan fingerprint density at radius 2 is 2.03 bits per heavy atom. The predicted octanol–water partition coefficient (Wildman–Crippen LogP) is 2.97. The van der Waals surface area contributed by atoms with Gasteiger partial charge < -0.3 is 10.1 Å². The summed E-state index contributed by atoms with van der Waals surface area (Å²) in [5, 5.41) is 13.9. The van der Waals surface area contributed by atoms with Crippen molar-refractivity contribution < 1.29 is 14.5 Å². The molecular formula is C19H18N4O5S. The smallest absolute Gasteiger partial charge is 0.273 e. The first kappa shape index (κ1) is 20.3. The average molecular weight is 414 g/mol. The van der Waals surface area contributed by atoms with Crippen LogP contribution in [0.1, 0.15) is 6.92 Å². The molecule has 29 heavy (non-hydrogen) atoms. The minimum absolute atomic E-state index is 0.141. The van der Waals surface area contributed by atoms with Gasteiger partial charge in [-0.2, -0.15) is 0 Å². The van der Waals surface area contributed by atoms with Crippen molar-refractivity contribution in [2.75, 3.05) is 12.4 Å². The number of fused-ring (bicyclic) bond motifs is 1. The van der Waals surface area contributed by atoms with Crippen LogP contribution in [0.4, 0.5) is 11.4 Å². The lowest BCUT2D eigenvalue weighted by molar-refractivity contribution is -0.384. The summed E-state index contributed by atoms with van der Waals surface area (Å²) in [7, 11) is 2.97. The number of nitrogens with zero attached hydrogens (tertiary/aromatic N) is 3. The maximum absolute atomic E-state index is 12.6. The third-order valence-corrected chi connectivity index (χ3v) is 5.39. The van der Waals surface area contributed by atoms with Crippen LogP contribution >= 0.6 is 11.8 Å². The second-order valence-corrected chi connectivity index (χ2v) is 7.47. The van der Waals surface area contributed by atoms with Crippen molar-refractivity contribution in [3.05, 3.63) is 62.9 Å². The number of amides is 1. The van der Waals surface area contributed by atoms with Crippen molar-refractivity contribution >= 4 is 39.9 Å². The van der Waals surface area contributed by atoms with E-state index in [4.69, 9.17) is 4.74 Å². The third-order valence-electron chi connectivity index (χ3n) is 4.25. The molecule has 0 radical (unpaired) electrons. The molecule has 0 saturated heterocycles. The van der Waals surface area contributed by atoms with E-state index in [2.05, 4.69) is 10.3 Å². The van der Waals surface area contributed by atoms with Gasteiger partial charge in [-0.1, -0.05) is 23.9 Å². The first-order valence-corrected chi connectivity index (χ1v) is 9.45. The van der Waals surface area contributed by atoms with Gasteiger partial charge in [-0.3, -0.25) is 24.3 Å². The summed E-state index contributed by atoms with van der Waals surface area (Å²) < 4.78 is 6.54. The average Bonchev–Trinajstić information content (AvgIpc) is 2.71. The van der Waals surface area contributed by atoms with E-state index in [-0.39, 0.29) is 22.9 Å². The Morgan fingerprint density at radius 1 is 1.31 bits per heavy atom. The molecule has 1 N–H and O–H groups in total. The second-order valence-electron chi connectivity index (χ2n) is 6.17. The van der Waals surface area contributed by atoms with E-state index in [0.29, 0.717) is 21.7 Å². The van der Waals surface area contributed by atoms with Gasteiger partial charge in [-0.05, 0) is 25.1 Å². The summed E-state index contributed by atoms with van der Waals surface area (Å²) in [4.78, 5) is 40.0. The molecule has 150 valence electrons. The first-order chi connectivity index (χ1) is 13.8. The van der Waals surface area contributed by atoms with E-state index in [0.717, 1.165) is 11.8 Å². The zero-order valence-electron chi connectivity index (χ0n) is 15.9. The number of hydrogen-bond donors (Lipinski definition) is 1. The molecule has 0 aliphatic heterocycles. The number of ether oxygens (including phenoxy) is 1. The quantitative estimate of drug-likeness (QED) is 0.285. The van der Waals surface area contributed by atoms with Crippen molar-refractivity contribution in [2.45, 2.75) is 17.3 Å². The highest BCUT2D eigenvalue weighted by Crippen LogP contribution is 2.30. The molecule has 10 heteroatoms. The fourth-order valence-corrected chi connectivity index (χ4v) is 3.52. The summed E-state index contributed by atoms with van der Waals surface area (Å²) in [6.07, 6.45) is 0. The standard InChI is InChI=1S/C19H18N4O5S/c1-11(17(24)20-15-9-8-12(23(26)27)10-16(15)28-3)29-19-21-14-7-5-4-6-13(14)18(25)22(19)2/h4-11H,1-3H3,(H,20,24)/t11-/m1/s1. The Morgan fingerprint density at radius 3 is 2.72 bits per heavy atom. The zero-order chi connectivity index (χ0) is 21.1. The third kappa shape index (κ3) is 4.21. The van der Waals surface area contributed by atoms with Gasteiger partial charge in [0, 0.05) is 13.1 Å². The Kier molecular flexibility index (Phi) is 5.83. The van der Waals surface area contributed by atoms with Crippen molar-refractivity contribution in [1.82, 2.24) is 9.55 Å². The van der Waals surface area contributed by atoms with Gasteiger partial charge in [0.25, 0.3) is 11.2 Å². The monoisotopic (exact) mass is 414 g/mol. The second kappa shape index (κ2) is 8.31. The predicted molar refractivity (Wildman–Crippen MR) is 111 cm³/mol. The van der Waals surface area contributed by atoms with E-state index in [1.165, 1.54) is 29.9 Å². The number of nitrogens with one attached hydrogen (secondary N) is 1. The van der Waals surface area contributed by atoms with Crippen LogP contribution in [0.2, 0.25) is 0 Å². The Bertz CT molecular complexity index is 1160. The van der Waals surface area contributed by atoms with Crippen LogP contribution in [0.25, 0.3) is 10.9 Å². The number of benzene rings is 2. The van der Waals surface area contributed by atoms with Gasteiger partial charge in [-0.15, -0.1) is 0 Å². The number of aromatic nitrogens is 2. The number of nitro benzene ring substituents is 1. The first-order valence-electron chi connectivity index (χ1n) is 8.57. The van der Waals surface area contributed by atoms with Crippen LogP contribution in [-0.2, 0) is 11.8 Å². The van der Waals surface area contributed by atoms with Crippen molar-refractivity contribution in [2.24, 2.45) is 7.05 Å². The highest BCUT2D eigenvalue weighted by Gasteiger charge is 2.20. The molecule has 3 aromatic rings. The molecule has 0 aliphatic rings. The molecule has 1 atom stereocenters. The van der Waals surface area contributed by atoms with Gasteiger partial charge >= 0.3 is 0 Å². The van der Waals surface area contributed by atoms with Gasteiger partial charge in [0.1, 0.15) is 5.75 Å². The molecule has 9 nitrogen and oxygen atoms in total. The largest absolute Gasteiger partial charge is 0.494 e. The molecule has 3 rings (SSSR count). The number of para-hydroxylation sites is 1. The molecule has 1 amide bonds. The maximum atomic E-state index is 12.6. The number of carbonyl (C=O) groups is 1. The minimum Gasteiger partial charge on any atom is -0.494 e. The lowest BCUT2D eigenvalue weighted by Crippen LogP contribution is -2.25. The maximum Gasteiger partial charge on any atom is 0.273 e. The number of hydrogen-bond acceptors (Lipinski definition) is 7. The number of thioether (sulfide) groups is 1. The molecule has 1 heterocycles. The number of methoxy groups -OCH3 is 1. The van der Waals surface area contributed by atoms with Gasteiger partial charge in [0.15, 0.2) is 5.16 Å². The van der Waals surface area contributed by atoms with Crippen LogP contribution in [0.15, 0.2) is 52.4 Å². The summed E-state index contributed by atoms with van der Waals surface area (Å²) in [6, 6.07) is 10.9. The summed E-state index contributed by atoms with van der Waals surface area (Å²) in [6.45, 7) is 1.68. The normalized spacial score (nSPS) is 11.8. The van der Waals surface area contributed by atoms with Crippen molar-refractivity contribution in [3.63, 3.8) is 0 Å². The SMILES string of the molecule is COc1cc([N+](=O)[O-])ccc1NC(=O)[C@@H](C)Sc1nc2ccccc2c(=O)n1C. The molecule has 2 aromatic carbocycles. The molecule has 0 bridgehead atoms. The van der Waals surface area contributed by atoms with Gasteiger partial charge in [-0.25, -0.2) is 4.98 Å². The van der Waals surface area contributed by atoms with Gasteiger partial charge in [0.2, 0.25) is 5.91 Å². The number of nitro groups is 1. The zero-order valence-corrected chi connectivity index (χ0v) is 16.7. The van der Waals surface area contributed by atoms with Crippen LogP contribution in [0, 0.1) is 10.1 Å². The highest BCUT2D eigenvalue weighted by molar-refractivity contribution is 8.00. The summed E-state index contributed by atoms with van der Waals surface area (Å²) in [5.41, 5.74) is 0.541. The van der Waals surface area contributed by atoms with E-state index in [9.17, 15) is 19.7 Å². The molecular weight excluding hydrogens is 396 g/mol. The Hall–Kier alpha value is -3.40. The molecule has 0 aliphatic carbocycles. The fraction of sp³-hybridized carbons (Fsp3) is 0.211. The number of carbonyl (C=O) groups excluding carboxylic acids is 1. The highest BCUT2D eigenvalue weighted by atomic mass is 32.2. The topological polar surface area (TPSA) is 116 Å². The molecule has 0 saturated carbocycles.